The van der Waals surface area contributed by atoms with Gasteiger partial charge in [0.1, 0.15) is 18.1 Å². The van der Waals surface area contributed by atoms with Gasteiger partial charge >= 0.3 is 12.3 Å². The molecule has 0 saturated carbocycles. The average Bonchev–Trinajstić information content (AvgIpc) is 3.53. The number of nitriles is 1. The Bertz CT molecular complexity index is 1780. The molecule has 0 fully saturated rings. The van der Waals surface area contributed by atoms with E-state index in [1.165, 1.54) is 46.7 Å². The molecule has 0 spiro atoms. The standard InChI is InChI=1S/C32H39F3N4O5Si/c1-20-16-25(41-5)26(22-12-13-38(27(20)22)29(40)44-30(2,3)4)31(42-6,32(33,34)35)28-37-23-17-21(18-36)10-11-24(23)39(28)19-43-14-15-45(7,8)9/h10-13,16-17H,14-15,19H2,1-9H3. The molecule has 0 N–H and O–H groups in total. The number of alkyl halides is 3. The minimum absolute atomic E-state index is 0.0628. The van der Waals surface area contributed by atoms with Crippen LogP contribution in [0.3, 0.4) is 0 Å². The molecule has 242 valence electrons. The molecule has 9 nitrogen and oxygen atoms in total. The minimum atomic E-state index is -5.10. The van der Waals surface area contributed by atoms with Crippen LogP contribution in [0.15, 0.2) is 36.5 Å². The third-order valence-electron chi connectivity index (χ3n) is 7.40. The van der Waals surface area contributed by atoms with Crippen molar-refractivity contribution in [2.75, 3.05) is 20.8 Å². The zero-order valence-corrected chi connectivity index (χ0v) is 28.0. The van der Waals surface area contributed by atoms with Gasteiger partial charge in [-0.3, -0.25) is 4.57 Å². The van der Waals surface area contributed by atoms with E-state index >= 15 is 13.2 Å². The maximum atomic E-state index is 15.9. The number of methoxy groups -OCH3 is 2. The number of halogens is 3. The lowest BCUT2D eigenvalue weighted by atomic mass is 9.87. The number of carbonyl (C=O) groups excluding carboxylic acids is 1. The highest BCUT2D eigenvalue weighted by molar-refractivity contribution is 6.76. The van der Waals surface area contributed by atoms with Gasteiger partial charge in [0.15, 0.2) is 5.82 Å². The predicted octanol–water partition coefficient (Wildman–Crippen LogP) is 7.73. The molecule has 1 unspecified atom stereocenters. The highest BCUT2D eigenvalue weighted by atomic mass is 28.3. The smallest absolute Gasteiger partial charge is 0.429 e. The molecule has 13 heteroatoms. The summed E-state index contributed by atoms with van der Waals surface area (Å²) < 4.78 is 72.8. The Morgan fingerprint density at radius 2 is 1.78 bits per heavy atom. The topological polar surface area (TPSA) is 101 Å². The van der Waals surface area contributed by atoms with Crippen LogP contribution in [0.1, 0.15) is 43.3 Å². The molecule has 0 bridgehead atoms. The summed E-state index contributed by atoms with van der Waals surface area (Å²) in [5.74, 6) is -0.624. The molecule has 1 atom stereocenters. The molecule has 0 aliphatic carbocycles. The molecule has 4 aromatic rings. The van der Waals surface area contributed by atoms with E-state index in [9.17, 15) is 10.1 Å². The normalized spacial score (nSPS) is 14.0. The Kier molecular flexibility index (Phi) is 9.18. The van der Waals surface area contributed by atoms with Crippen LogP contribution in [0.5, 0.6) is 5.75 Å². The van der Waals surface area contributed by atoms with E-state index in [0.717, 1.165) is 13.2 Å². The Morgan fingerprint density at radius 3 is 2.33 bits per heavy atom. The van der Waals surface area contributed by atoms with Gasteiger partial charge in [0, 0.05) is 33.4 Å². The van der Waals surface area contributed by atoms with Crippen LogP contribution in [0.2, 0.25) is 25.7 Å². The average molecular weight is 645 g/mol. The van der Waals surface area contributed by atoms with Crippen molar-refractivity contribution in [1.82, 2.24) is 14.1 Å². The molecule has 0 radical (unpaired) electrons. The number of ether oxygens (including phenoxy) is 4. The van der Waals surface area contributed by atoms with Crippen molar-refractivity contribution in [3.05, 3.63) is 59.0 Å². The molecule has 0 saturated heterocycles. The predicted molar refractivity (Wildman–Crippen MR) is 167 cm³/mol. The Morgan fingerprint density at radius 1 is 1.09 bits per heavy atom. The number of aryl methyl sites for hydroxylation is 1. The third-order valence-corrected chi connectivity index (χ3v) is 9.10. The first kappa shape index (κ1) is 34.0. The molecule has 4 rings (SSSR count). The molecule has 0 amide bonds. The number of hydrogen-bond acceptors (Lipinski definition) is 7. The molecule has 2 aromatic heterocycles. The van der Waals surface area contributed by atoms with Crippen molar-refractivity contribution < 1.29 is 36.9 Å². The SMILES string of the molecule is COc1cc(C)c2c(ccn2C(=O)OC(C)(C)C)c1C(OC)(c1nc2cc(C#N)ccc2n1COCC[Si](C)(C)C)C(F)(F)F. The lowest BCUT2D eigenvalue weighted by Gasteiger charge is -2.36. The van der Waals surface area contributed by atoms with E-state index in [4.69, 9.17) is 18.9 Å². The van der Waals surface area contributed by atoms with Crippen LogP contribution >= 0.6 is 0 Å². The monoisotopic (exact) mass is 644 g/mol. The van der Waals surface area contributed by atoms with Crippen molar-refractivity contribution in [1.29, 1.82) is 5.26 Å². The van der Waals surface area contributed by atoms with Gasteiger partial charge in [-0.15, -0.1) is 0 Å². The highest BCUT2D eigenvalue weighted by Gasteiger charge is 2.63. The maximum absolute atomic E-state index is 15.9. The number of imidazole rings is 1. The third kappa shape index (κ3) is 6.45. The summed E-state index contributed by atoms with van der Waals surface area (Å²) >= 11 is 0. The number of carbonyl (C=O) groups is 1. The Balaban J connectivity index is 2.08. The first-order valence-electron chi connectivity index (χ1n) is 14.4. The first-order chi connectivity index (χ1) is 20.9. The number of hydrogen-bond donors (Lipinski definition) is 0. The van der Waals surface area contributed by atoms with Crippen molar-refractivity contribution in [2.24, 2.45) is 0 Å². The van der Waals surface area contributed by atoms with Crippen molar-refractivity contribution in [3.63, 3.8) is 0 Å². The molecular formula is C32H39F3N4O5Si. The minimum Gasteiger partial charge on any atom is -0.496 e. The maximum Gasteiger partial charge on any atom is 0.429 e. The second kappa shape index (κ2) is 12.1. The Hall–Kier alpha value is -3.86. The highest BCUT2D eigenvalue weighted by Crippen LogP contribution is 2.53. The van der Waals surface area contributed by atoms with Gasteiger partial charge in [-0.1, -0.05) is 19.6 Å². The number of fused-ring (bicyclic) bond motifs is 2. The summed E-state index contributed by atoms with van der Waals surface area (Å²) in [6, 6.07) is 10.1. The zero-order chi connectivity index (χ0) is 33.5. The van der Waals surface area contributed by atoms with Gasteiger partial charge in [0.25, 0.3) is 5.60 Å². The fourth-order valence-corrected chi connectivity index (χ4v) is 6.07. The second-order valence-corrected chi connectivity index (χ2v) is 18.7. The second-order valence-electron chi connectivity index (χ2n) is 13.1. The van der Waals surface area contributed by atoms with E-state index in [1.54, 1.807) is 33.8 Å². The summed E-state index contributed by atoms with van der Waals surface area (Å²) in [5, 5.41) is 9.56. The van der Waals surface area contributed by atoms with E-state index in [1.807, 2.05) is 6.07 Å². The lowest BCUT2D eigenvalue weighted by molar-refractivity contribution is -0.262. The van der Waals surface area contributed by atoms with Crippen LogP contribution in [0, 0.1) is 18.3 Å². The molecule has 2 heterocycles. The summed E-state index contributed by atoms with van der Waals surface area (Å²) in [6.07, 6.45) is -4.48. The van der Waals surface area contributed by atoms with Crippen molar-refractivity contribution in [2.45, 2.75) is 77.5 Å². The number of rotatable bonds is 9. The van der Waals surface area contributed by atoms with Crippen LogP contribution in [0.25, 0.3) is 21.9 Å². The van der Waals surface area contributed by atoms with Gasteiger partial charge < -0.3 is 23.5 Å². The number of benzene rings is 2. The summed E-state index contributed by atoms with van der Waals surface area (Å²) in [7, 11) is 0.727. The van der Waals surface area contributed by atoms with Gasteiger partial charge in [0.05, 0.1) is 40.9 Å². The number of aromatic nitrogens is 3. The molecule has 0 aliphatic rings. The van der Waals surface area contributed by atoms with Crippen LogP contribution in [0.4, 0.5) is 18.0 Å². The van der Waals surface area contributed by atoms with Crippen LogP contribution in [-0.4, -0.2) is 60.9 Å². The summed E-state index contributed by atoms with van der Waals surface area (Å²) in [6.45, 7) is 13.4. The van der Waals surface area contributed by atoms with Crippen LogP contribution < -0.4 is 4.74 Å². The van der Waals surface area contributed by atoms with Crippen molar-refractivity contribution in [3.8, 4) is 11.8 Å². The Labute approximate surface area is 261 Å². The first-order valence-corrected chi connectivity index (χ1v) is 18.1. The van der Waals surface area contributed by atoms with E-state index in [0.29, 0.717) is 17.7 Å². The van der Waals surface area contributed by atoms with Gasteiger partial charge in [0.2, 0.25) is 0 Å². The fraction of sp³-hybridized carbons (Fsp3) is 0.469. The van der Waals surface area contributed by atoms with E-state index < -0.39 is 37.4 Å². The molecule has 0 aliphatic heterocycles. The largest absolute Gasteiger partial charge is 0.496 e. The zero-order valence-electron chi connectivity index (χ0n) is 27.0. The van der Waals surface area contributed by atoms with Gasteiger partial charge in [-0.2, -0.15) is 18.4 Å². The summed E-state index contributed by atoms with van der Waals surface area (Å²) in [4.78, 5) is 17.7. The number of nitrogens with zero attached hydrogens (tertiary/aromatic N) is 4. The quantitative estimate of drug-likeness (QED) is 0.136. The van der Waals surface area contributed by atoms with E-state index in [2.05, 4.69) is 24.6 Å². The van der Waals surface area contributed by atoms with Gasteiger partial charge in [-0.25, -0.2) is 9.78 Å². The molecule has 2 aromatic carbocycles. The molecule has 45 heavy (non-hydrogen) atoms. The van der Waals surface area contributed by atoms with Crippen molar-refractivity contribution >= 4 is 36.1 Å². The van der Waals surface area contributed by atoms with Crippen LogP contribution in [-0.2, 0) is 26.5 Å². The van der Waals surface area contributed by atoms with Gasteiger partial charge in [-0.05, 0) is 69.6 Å². The van der Waals surface area contributed by atoms with E-state index in [-0.39, 0.29) is 40.0 Å². The molecular weight excluding hydrogens is 605 g/mol. The summed E-state index contributed by atoms with van der Waals surface area (Å²) in [5.41, 5.74) is -3.02. The lowest BCUT2D eigenvalue weighted by Crippen LogP contribution is -2.47. The fourth-order valence-electron chi connectivity index (χ4n) is 5.32.